The van der Waals surface area contributed by atoms with Crippen molar-refractivity contribution in [1.82, 2.24) is 0 Å². The lowest BCUT2D eigenvalue weighted by Gasteiger charge is -2.19. The van der Waals surface area contributed by atoms with Crippen LogP contribution in [0.15, 0.2) is 0 Å². The summed E-state index contributed by atoms with van der Waals surface area (Å²) in [5.74, 6) is 1.61. The summed E-state index contributed by atoms with van der Waals surface area (Å²) in [5, 5.41) is 0. The molecule has 0 heterocycles. The third-order valence-electron chi connectivity index (χ3n) is 2.67. The number of Topliss-reactive ketones (excluding diaryl/α,β-unsaturated/α-hetero) is 1. The van der Waals surface area contributed by atoms with Crippen LogP contribution in [0.5, 0.6) is 0 Å². The van der Waals surface area contributed by atoms with E-state index in [-0.39, 0.29) is 0 Å². The van der Waals surface area contributed by atoms with E-state index in [1.807, 2.05) is 0 Å². The molecule has 0 aliphatic heterocycles. The van der Waals surface area contributed by atoms with E-state index in [0.717, 1.165) is 6.42 Å². The first-order valence-corrected chi connectivity index (χ1v) is 5.57. The van der Waals surface area contributed by atoms with E-state index in [9.17, 15) is 4.79 Å². The monoisotopic (exact) mass is 184 g/mol. The van der Waals surface area contributed by atoms with Crippen molar-refractivity contribution >= 4 is 5.78 Å². The van der Waals surface area contributed by atoms with Crippen LogP contribution in [-0.4, -0.2) is 5.78 Å². The zero-order valence-electron chi connectivity index (χ0n) is 9.60. The number of carbonyl (C=O) groups excluding carboxylic acids is 1. The molecule has 1 heteroatoms. The van der Waals surface area contributed by atoms with Crippen molar-refractivity contribution in [2.75, 3.05) is 0 Å². The van der Waals surface area contributed by atoms with E-state index >= 15 is 0 Å². The summed E-state index contributed by atoms with van der Waals surface area (Å²) in [6.45, 7) is 8.36. The maximum atomic E-state index is 11.0. The van der Waals surface area contributed by atoms with E-state index in [1.165, 1.54) is 25.7 Å². The molecule has 0 bridgehead atoms. The molecule has 13 heavy (non-hydrogen) atoms. The quantitative estimate of drug-likeness (QED) is 0.550. The molecule has 0 amide bonds. The van der Waals surface area contributed by atoms with Crippen molar-refractivity contribution in [2.24, 2.45) is 11.8 Å². The van der Waals surface area contributed by atoms with Crippen molar-refractivity contribution in [2.45, 2.75) is 59.8 Å². The SMILES string of the molecule is CCCCC[C@@H](CC(C)=O)C(C)C. The van der Waals surface area contributed by atoms with Gasteiger partial charge in [-0.05, 0) is 25.2 Å². The fraction of sp³-hybridized carbons (Fsp3) is 0.917. The molecule has 0 radical (unpaired) electrons. The van der Waals surface area contributed by atoms with Gasteiger partial charge in [0.25, 0.3) is 0 Å². The summed E-state index contributed by atoms with van der Waals surface area (Å²) in [5.41, 5.74) is 0. The molecule has 1 atom stereocenters. The Bertz CT molecular complexity index is 138. The zero-order chi connectivity index (χ0) is 10.3. The van der Waals surface area contributed by atoms with E-state index in [4.69, 9.17) is 0 Å². The lowest BCUT2D eigenvalue weighted by Crippen LogP contribution is -2.12. The molecule has 0 aliphatic rings. The Balaban J connectivity index is 3.74. The van der Waals surface area contributed by atoms with Gasteiger partial charge in [-0.1, -0.05) is 40.0 Å². The fourth-order valence-corrected chi connectivity index (χ4v) is 1.70. The van der Waals surface area contributed by atoms with Gasteiger partial charge in [0, 0.05) is 6.42 Å². The smallest absolute Gasteiger partial charge is 0.130 e. The third-order valence-corrected chi connectivity index (χ3v) is 2.67. The summed E-state index contributed by atoms with van der Waals surface area (Å²) in [4.78, 5) is 11.0. The minimum absolute atomic E-state index is 0.343. The van der Waals surface area contributed by atoms with Crippen LogP contribution in [0.1, 0.15) is 59.8 Å². The van der Waals surface area contributed by atoms with Gasteiger partial charge in [0.2, 0.25) is 0 Å². The van der Waals surface area contributed by atoms with Gasteiger partial charge < -0.3 is 4.79 Å². The van der Waals surface area contributed by atoms with Crippen LogP contribution < -0.4 is 0 Å². The largest absolute Gasteiger partial charge is 0.300 e. The zero-order valence-corrected chi connectivity index (χ0v) is 9.60. The fourth-order valence-electron chi connectivity index (χ4n) is 1.70. The highest BCUT2D eigenvalue weighted by Gasteiger charge is 2.14. The predicted octanol–water partition coefficient (Wildman–Crippen LogP) is 3.82. The Morgan fingerprint density at radius 3 is 2.23 bits per heavy atom. The Morgan fingerprint density at radius 2 is 1.85 bits per heavy atom. The standard InChI is InChI=1S/C12H24O/c1-5-6-7-8-12(10(2)3)9-11(4)13/h10,12H,5-9H2,1-4H3/t12-/m0/s1. The van der Waals surface area contributed by atoms with E-state index in [1.54, 1.807) is 6.92 Å². The summed E-state index contributed by atoms with van der Waals surface area (Å²) in [7, 11) is 0. The highest BCUT2D eigenvalue weighted by atomic mass is 16.1. The molecular formula is C12H24O. The van der Waals surface area contributed by atoms with Gasteiger partial charge in [-0.2, -0.15) is 0 Å². The van der Waals surface area contributed by atoms with Crippen molar-refractivity contribution in [3.8, 4) is 0 Å². The number of carbonyl (C=O) groups is 1. The average molecular weight is 184 g/mol. The lowest BCUT2D eigenvalue weighted by molar-refractivity contribution is -0.118. The number of rotatable bonds is 7. The first-order chi connectivity index (χ1) is 6.07. The van der Waals surface area contributed by atoms with Crippen LogP contribution in [0.25, 0.3) is 0 Å². The molecule has 1 nitrogen and oxygen atoms in total. The molecule has 0 unspecified atom stereocenters. The minimum Gasteiger partial charge on any atom is -0.300 e. The first kappa shape index (κ1) is 12.7. The summed E-state index contributed by atoms with van der Waals surface area (Å²) >= 11 is 0. The molecular weight excluding hydrogens is 160 g/mol. The van der Waals surface area contributed by atoms with Crippen molar-refractivity contribution in [1.29, 1.82) is 0 Å². The predicted molar refractivity (Wildman–Crippen MR) is 57.8 cm³/mol. The first-order valence-electron chi connectivity index (χ1n) is 5.57. The highest BCUT2D eigenvalue weighted by molar-refractivity contribution is 5.75. The Morgan fingerprint density at radius 1 is 1.23 bits per heavy atom. The van der Waals surface area contributed by atoms with Gasteiger partial charge in [-0.3, -0.25) is 0 Å². The van der Waals surface area contributed by atoms with Gasteiger partial charge in [-0.15, -0.1) is 0 Å². The maximum Gasteiger partial charge on any atom is 0.130 e. The second-order valence-corrected chi connectivity index (χ2v) is 4.41. The van der Waals surface area contributed by atoms with E-state index in [0.29, 0.717) is 17.6 Å². The van der Waals surface area contributed by atoms with Crippen LogP contribution in [-0.2, 0) is 4.79 Å². The number of ketones is 1. The summed E-state index contributed by atoms with van der Waals surface area (Å²) in [6, 6.07) is 0. The second kappa shape index (κ2) is 7.11. The molecule has 0 aromatic rings. The van der Waals surface area contributed by atoms with Crippen molar-refractivity contribution < 1.29 is 4.79 Å². The molecule has 0 N–H and O–H groups in total. The number of hydrogen-bond acceptors (Lipinski definition) is 1. The Labute approximate surface area is 82.9 Å². The van der Waals surface area contributed by atoms with Crippen LogP contribution in [0.4, 0.5) is 0 Å². The van der Waals surface area contributed by atoms with Gasteiger partial charge in [-0.25, -0.2) is 0 Å². The molecule has 0 aliphatic carbocycles. The van der Waals surface area contributed by atoms with Crippen LogP contribution >= 0.6 is 0 Å². The highest BCUT2D eigenvalue weighted by Crippen LogP contribution is 2.22. The molecule has 0 fully saturated rings. The second-order valence-electron chi connectivity index (χ2n) is 4.41. The topological polar surface area (TPSA) is 17.1 Å². The lowest BCUT2D eigenvalue weighted by atomic mass is 9.86. The van der Waals surface area contributed by atoms with Gasteiger partial charge in [0.05, 0.1) is 0 Å². The molecule has 0 saturated heterocycles. The van der Waals surface area contributed by atoms with Gasteiger partial charge in [0.15, 0.2) is 0 Å². The molecule has 0 aromatic heterocycles. The Kier molecular flexibility index (Phi) is 6.93. The van der Waals surface area contributed by atoms with Crippen molar-refractivity contribution in [3.63, 3.8) is 0 Å². The Hall–Kier alpha value is -0.330. The summed E-state index contributed by atoms with van der Waals surface area (Å²) < 4.78 is 0. The molecule has 0 spiro atoms. The van der Waals surface area contributed by atoms with Crippen LogP contribution in [0, 0.1) is 11.8 Å². The van der Waals surface area contributed by atoms with Gasteiger partial charge >= 0.3 is 0 Å². The number of unbranched alkanes of at least 4 members (excludes halogenated alkanes) is 2. The van der Waals surface area contributed by atoms with E-state index < -0.39 is 0 Å². The molecule has 0 aromatic carbocycles. The third kappa shape index (κ3) is 6.80. The normalized spacial score (nSPS) is 13.3. The molecule has 0 rings (SSSR count). The van der Waals surface area contributed by atoms with Crippen LogP contribution in [0.3, 0.4) is 0 Å². The average Bonchev–Trinajstić information content (AvgIpc) is 2.02. The van der Waals surface area contributed by atoms with Gasteiger partial charge in [0.1, 0.15) is 5.78 Å². The summed E-state index contributed by atoms with van der Waals surface area (Å²) in [6.07, 6.45) is 5.87. The number of hydrogen-bond donors (Lipinski definition) is 0. The van der Waals surface area contributed by atoms with E-state index in [2.05, 4.69) is 20.8 Å². The van der Waals surface area contributed by atoms with Crippen molar-refractivity contribution in [3.05, 3.63) is 0 Å². The molecule has 78 valence electrons. The maximum absolute atomic E-state index is 11.0. The molecule has 0 saturated carbocycles. The van der Waals surface area contributed by atoms with Crippen LogP contribution in [0.2, 0.25) is 0 Å². The minimum atomic E-state index is 0.343.